The Balaban J connectivity index is 1.71. The second-order valence-electron chi connectivity index (χ2n) is 6.15. The third kappa shape index (κ3) is 3.85. The topological polar surface area (TPSA) is 60.2 Å². The molecule has 0 aliphatic rings. The van der Waals surface area contributed by atoms with Crippen molar-refractivity contribution in [3.8, 4) is 17.2 Å². The summed E-state index contributed by atoms with van der Waals surface area (Å²) < 4.78 is 11.3. The van der Waals surface area contributed by atoms with E-state index in [2.05, 4.69) is 15.5 Å². The van der Waals surface area contributed by atoms with E-state index in [1.165, 1.54) is 0 Å². The van der Waals surface area contributed by atoms with Crippen molar-refractivity contribution in [3.05, 3.63) is 95.3 Å². The number of anilines is 1. The van der Waals surface area contributed by atoms with Gasteiger partial charge in [-0.3, -0.25) is 0 Å². The molecule has 0 aliphatic carbocycles. The van der Waals surface area contributed by atoms with Gasteiger partial charge in [-0.25, -0.2) is 0 Å². The third-order valence-corrected chi connectivity index (χ3v) is 4.64. The number of methoxy groups -OCH3 is 1. The molecule has 1 heterocycles. The molecule has 6 heteroatoms. The van der Waals surface area contributed by atoms with E-state index in [4.69, 9.17) is 20.8 Å². The van der Waals surface area contributed by atoms with Gasteiger partial charge in [-0.15, -0.1) is 10.2 Å². The maximum atomic E-state index is 6.27. The van der Waals surface area contributed by atoms with Crippen LogP contribution in [0.3, 0.4) is 0 Å². The minimum atomic E-state index is -0.322. The Bertz CT molecular complexity index is 1070. The van der Waals surface area contributed by atoms with Gasteiger partial charge in [0.2, 0.25) is 11.8 Å². The van der Waals surface area contributed by atoms with Gasteiger partial charge in [-0.1, -0.05) is 60.1 Å². The van der Waals surface area contributed by atoms with Crippen molar-refractivity contribution in [3.63, 3.8) is 0 Å². The van der Waals surface area contributed by atoms with Crippen LogP contribution in [-0.4, -0.2) is 17.3 Å². The van der Waals surface area contributed by atoms with Crippen molar-refractivity contribution < 1.29 is 9.15 Å². The minimum absolute atomic E-state index is 0.322. The van der Waals surface area contributed by atoms with Gasteiger partial charge < -0.3 is 14.5 Å². The van der Waals surface area contributed by atoms with E-state index in [0.717, 1.165) is 17.0 Å². The molecular weight excluding hydrogens is 374 g/mol. The molecule has 0 aliphatic heterocycles. The van der Waals surface area contributed by atoms with Crippen LogP contribution in [0.1, 0.15) is 17.5 Å². The molecule has 1 aromatic heterocycles. The van der Waals surface area contributed by atoms with Crippen molar-refractivity contribution in [2.45, 2.75) is 6.04 Å². The molecule has 140 valence electrons. The van der Waals surface area contributed by atoms with Crippen molar-refractivity contribution >= 4 is 17.3 Å². The summed E-state index contributed by atoms with van der Waals surface area (Å²) in [7, 11) is 1.64. The Kier molecular flexibility index (Phi) is 5.26. The van der Waals surface area contributed by atoms with E-state index in [1.807, 2.05) is 72.8 Å². The molecule has 1 unspecified atom stereocenters. The summed E-state index contributed by atoms with van der Waals surface area (Å²) in [5, 5.41) is 12.5. The van der Waals surface area contributed by atoms with E-state index in [0.29, 0.717) is 22.4 Å². The first kappa shape index (κ1) is 18.1. The van der Waals surface area contributed by atoms with E-state index < -0.39 is 0 Å². The zero-order chi connectivity index (χ0) is 19.3. The molecule has 1 N–H and O–H groups in total. The third-order valence-electron chi connectivity index (χ3n) is 4.31. The SMILES string of the molecule is COc1cccc(NC(c2ccccc2)c2nnc(-c3ccccc3Cl)o2)c1. The number of benzene rings is 3. The Morgan fingerprint density at radius 2 is 1.71 bits per heavy atom. The summed E-state index contributed by atoms with van der Waals surface area (Å²) in [6, 6.07) is 24.7. The maximum absolute atomic E-state index is 6.27. The fourth-order valence-electron chi connectivity index (χ4n) is 2.91. The molecule has 4 rings (SSSR count). The number of ether oxygens (including phenoxy) is 1. The molecule has 0 spiro atoms. The fourth-order valence-corrected chi connectivity index (χ4v) is 3.12. The number of hydrogen-bond acceptors (Lipinski definition) is 5. The zero-order valence-electron chi connectivity index (χ0n) is 15.2. The lowest BCUT2D eigenvalue weighted by Crippen LogP contribution is -2.12. The van der Waals surface area contributed by atoms with Gasteiger partial charge in [0, 0.05) is 11.8 Å². The highest BCUT2D eigenvalue weighted by Crippen LogP contribution is 2.31. The number of rotatable bonds is 6. The van der Waals surface area contributed by atoms with Crippen LogP contribution in [0, 0.1) is 0 Å². The smallest absolute Gasteiger partial charge is 0.249 e. The van der Waals surface area contributed by atoms with E-state index in [-0.39, 0.29) is 6.04 Å². The van der Waals surface area contributed by atoms with Gasteiger partial charge in [0.25, 0.3) is 0 Å². The molecule has 0 bridgehead atoms. The first-order chi connectivity index (χ1) is 13.7. The molecule has 0 saturated carbocycles. The predicted octanol–water partition coefficient (Wildman–Crippen LogP) is 5.60. The molecule has 4 aromatic rings. The number of hydrogen-bond donors (Lipinski definition) is 1. The molecule has 0 amide bonds. The second kappa shape index (κ2) is 8.15. The quantitative estimate of drug-likeness (QED) is 0.463. The van der Waals surface area contributed by atoms with Crippen molar-refractivity contribution in [1.82, 2.24) is 10.2 Å². The first-order valence-corrected chi connectivity index (χ1v) is 9.16. The normalized spacial score (nSPS) is 11.8. The lowest BCUT2D eigenvalue weighted by Gasteiger charge is -2.17. The lowest BCUT2D eigenvalue weighted by atomic mass is 10.1. The number of nitrogens with one attached hydrogen (secondary N) is 1. The van der Waals surface area contributed by atoms with Crippen LogP contribution >= 0.6 is 11.6 Å². The van der Waals surface area contributed by atoms with Crippen LogP contribution in [0.4, 0.5) is 5.69 Å². The monoisotopic (exact) mass is 391 g/mol. The standard InChI is InChI=1S/C22H18ClN3O2/c1-27-17-11-7-10-16(14-17)24-20(15-8-3-2-4-9-15)22-26-25-21(28-22)18-12-5-6-13-19(18)23/h2-14,20,24H,1H3. The number of nitrogens with zero attached hydrogens (tertiary/aromatic N) is 2. The fraction of sp³-hybridized carbons (Fsp3) is 0.0909. The average Bonchev–Trinajstić information content (AvgIpc) is 3.23. The minimum Gasteiger partial charge on any atom is -0.497 e. The maximum Gasteiger partial charge on any atom is 0.249 e. The van der Waals surface area contributed by atoms with Gasteiger partial charge in [0.1, 0.15) is 11.8 Å². The Labute approximate surface area is 168 Å². The van der Waals surface area contributed by atoms with Crippen LogP contribution < -0.4 is 10.1 Å². The molecule has 5 nitrogen and oxygen atoms in total. The molecule has 0 radical (unpaired) electrons. The average molecular weight is 392 g/mol. The second-order valence-corrected chi connectivity index (χ2v) is 6.55. The summed E-state index contributed by atoms with van der Waals surface area (Å²) in [6.07, 6.45) is 0. The van der Waals surface area contributed by atoms with Crippen LogP contribution in [0.2, 0.25) is 5.02 Å². The molecule has 0 saturated heterocycles. The first-order valence-electron chi connectivity index (χ1n) is 8.78. The summed E-state index contributed by atoms with van der Waals surface area (Å²) in [6.45, 7) is 0. The van der Waals surface area contributed by atoms with Gasteiger partial charge in [-0.2, -0.15) is 0 Å². The van der Waals surface area contributed by atoms with E-state index >= 15 is 0 Å². The molecular formula is C22H18ClN3O2. The molecule has 3 aromatic carbocycles. The molecule has 0 fully saturated rings. The number of aromatic nitrogens is 2. The van der Waals surface area contributed by atoms with Gasteiger partial charge in [0.05, 0.1) is 17.7 Å². The van der Waals surface area contributed by atoms with Crippen molar-refractivity contribution in [2.75, 3.05) is 12.4 Å². The summed E-state index contributed by atoms with van der Waals surface area (Å²) in [5.41, 5.74) is 2.58. The molecule has 1 atom stereocenters. The van der Waals surface area contributed by atoms with Crippen LogP contribution in [0.5, 0.6) is 5.75 Å². The van der Waals surface area contributed by atoms with Gasteiger partial charge in [0.15, 0.2) is 0 Å². The van der Waals surface area contributed by atoms with Crippen molar-refractivity contribution in [2.24, 2.45) is 0 Å². The highest BCUT2D eigenvalue weighted by atomic mass is 35.5. The van der Waals surface area contributed by atoms with E-state index in [1.54, 1.807) is 13.2 Å². The van der Waals surface area contributed by atoms with Crippen LogP contribution in [0.25, 0.3) is 11.5 Å². The Morgan fingerprint density at radius 1 is 0.929 bits per heavy atom. The summed E-state index contributed by atoms with van der Waals surface area (Å²) in [5.74, 6) is 1.59. The predicted molar refractivity (Wildman–Crippen MR) is 110 cm³/mol. The Morgan fingerprint density at radius 3 is 2.50 bits per heavy atom. The van der Waals surface area contributed by atoms with E-state index in [9.17, 15) is 0 Å². The Hall–Kier alpha value is -3.31. The highest BCUT2D eigenvalue weighted by Gasteiger charge is 2.22. The lowest BCUT2D eigenvalue weighted by molar-refractivity contribution is 0.415. The highest BCUT2D eigenvalue weighted by molar-refractivity contribution is 6.33. The van der Waals surface area contributed by atoms with Crippen molar-refractivity contribution in [1.29, 1.82) is 0 Å². The van der Waals surface area contributed by atoms with Gasteiger partial charge in [-0.05, 0) is 29.8 Å². The van der Waals surface area contributed by atoms with Crippen LogP contribution in [-0.2, 0) is 0 Å². The summed E-state index contributed by atoms with van der Waals surface area (Å²) in [4.78, 5) is 0. The summed E-state index contributed by atoms with van der Waals surface area (Å²) >= 11 is 6.27. The number of halogens is 1. The molecule has 28 heavy (non-hydrogen) atoms. The largest absolute Gasteiger partial charge is 0.497 e. The van der Waals surface area contributed by atoms with Crippen LogP contribution in [0.15, 0.2) is 83.3 Å². The zero-order valence-corrected chi connectivity index (χ0v) is 15.9. The van der Waals surface area contributed by atoms with Gasteiger partial charge >= 0.3 is 0 Å².